The van der Waals surface area contributed by atoms with Crippen LogP contribution in [0.25, 0.3) is 0 Å². The Labute approximate surface area is 175 Å². The van der Waals surface area contributed by atoms with Gasteiger partial charge in [-0.1, -0.05) is 56.8 Å². The molecule has 0 bridgehead atoms. The maximum absolute atomic E-state index is 12.5. The van der Waals surface area contributed by atoms with Gasteiger partial charge in [0.2, 0.25) is 0 Å². The Balaban J connectivity index is 1.62. The molecule has 1 unspecified atom stereocenters. The van der Waals surface area contributed by atoms with E-state index >= 15 is 0 Å². The second kappa shape index (κ2) is 9.23. The van der Waals surface area contributed by atoms with Crippen molar-refractivity contribution < 1.29 is 4.79 Å². The van der Waals surface area contributed by atoms with E-state index in [2.05, 4.69) is 48.9 Å². The van der Waals surface area contributed by atoms with Crippen LogP contribution in [0, 0.1) is 0 Å². The van der Waals surface area contributed by atoms with E-state index in [1.165, 1.54) is 11.1 Å². The molecule has 1 N–H and O–H groups in total. The molecule has 1 amide bonds. The van der Waals surface area contributed by atoms with Crippen LogP contribution in [0.3, 0.4) is 0 Å². The fourth-order valence-electron chi connectivity index (χ4n) is 4.05. The number of hydrogen-bond acceptors (Lipinski definition) is 2. The number of hydrogen-bond donors (Lipinski definition) is 1. The monoisotopic (exact) mass is 388 g/mol. The summed E-state index contributed by atoms with van der Waals surface area (Å²) in [4.78, 5) is 15.0. The molecule has 29 heavy (non-hydrogen) atoms. The Kier molecular flexibility index (Phi) is 6.71. The van der Waals surface area contributed by atoms with Gasteiger partial charge in [0.15, 0.2) is 0 Å². The van der Waals surface area contributed by atoms with Crippen molar-refractivity contribution in [2.75, 3.05) is 25.0 Å². The fraction of sp³-hybridized carbons (Fsp3) is 0.346. The van der Waals surface area contributed by atoms with Gasteiger partial charge in [0.25, 0.3) is 5.91 Å². The van der Waals surface area contributed by atoms with Crippen LogP contribution in [-0.2, 0) is 11.8 Å². The Bertz CT molecular complexity index is 880. The zero-order valence-electron chi connectivity index (χ0n) is 17.9. The number of amides is 1. The third kappa shape index (κ3) is 5.24. The van der Waals surface area contributed by atoms with Crippen LogP contribution < -0.4 is 5.32 Å². The zero-order valence-corrected chi connectivity index (χ0v) is 17.9. The van der Waals surface area contributed by atoms with Crippen LogP contribution >= 0.6 is 0 Å². The Morgan fingerprint density at radius 2 is 1.86 bits per heavy atom. The van der Waals surface area contributed by atoms with Gasteiger partial charge >= 0.3 is 0 Å². The second-order valence-corrected chi connectivity index (χ2v) is 8.26. The maximum Gasteiger partial charge on any atom is 0.255 e. The predicted octanol–water partition coefficient (Wildman–Crippen LogP) is 5.60. The van der Waals surface area contributed by atoms with Crippen LogP contribution in [0.5, 0.6) is 0 Å². The number of nitrogens with one attached hydrogen (secondary N) is 1. The van der Waals surface area contributed by atoms with Crippen molar-refractivity contribution in [3.8, 4) is 0 Å². The van der Waals surface area contributed by atoms with Crippen LogP contribution in [0.15, 0.2) is 72.8 Å². The summed E-state index contributed by atoms with van der Waals surface area (Å²) in [7, 11) is 0. The Morgan fingerprint density at radius 1 is 1.17 bits per heavy atom. The van der Waals surface area contributed by atoms with Gasteiger partial charge in [-0.25, -0.2) is 0 Å². The molecular formula is C26H32N2O. The lowest BCUT2D eigenvalue weighted by molar-refractivity contribution is 0.102. The van der Waals surface area contributed by atoms with E-state index < -0.39 is 0 Å². The van der Waals surface area contributed by atoms with Crippen molar-refractivity contribution in [1.82, 2.24) is 4.90 Å². The first-order valence-corrected chi connectivity index (χ1v) is 10.5. The molecule has 1 aliphatic rings. The van der Waals surface area contributed by atoms with E-state index in [0.29, 0.717) is 5.56 Å². The first kappa shape index (κ1) is 21.1. The van der Waals surface area contributed by atoms with Crippen LogP contribution in [0.1, 0.15) is 48.7 Å². The molecule has 2 aromatic carbocycles. The highest BCUT2D eigenvalue weighted by Crippen LogP contribution is 2.35. The molecule has 1 fully saturated rings. The van der Waals surface area contributed by atoms with Crippen molar-refractivity contribution in [1.29, 1.82) is 0 Å². The second-order valence-electron chi connectivity index (χ2n) is 8.26. The normalized spacial score (nSPS) is 19.6. The van der Waals surface area contributed by atoms with Crippen molar-refractivity contribution >= 4 is 11.6 Å². The lowest BCUT2D eigenvalue weighted by Gasteiger charge is -2.26. The minimum absolute atomic E-state index is 0.0684. The Morgan fingerprint density at radius 3 is 2.48 bits per heavy atom. The highest BCUT2D eigenvalue weighted by molar-refractivity contribution is 6.04. The van der Waals surface area contributed by atoms with Crippen LogP contribution in [-0.4, -0.2) is 30.4 Å². The molecule has 3 heteroatoms. The molecule has 1 atom stereocenters. The standard InChI is InChI=1S/C26H32N2O/c1-5-7-20(3)18-28-17-16-26(4,19-28)23-12-14-24(15-13-23)27-25(29)22-10-8-21(6-2)9-11-22/h5,7-15H,3,6,16-19H2,1-2,4H3,(H,27,29). The number of carbonyl (C=O) groups is 1. The molecule has 1 aliphatic heterocycles. The molecule has 0 radical (unpaired) electrons. The summed E-state index contributed by atoms with van der Waals surface area (Å²) in [5.41, 5.74) is 5.36. The molecule has 0 spiro atoms. The topological polar surface area (TPSA) is 32.3 Å². The highest BCUT2D eigenvalue weighted by Gasteiger charge is 2.35. The molecule has 0 aliphatic carbocycles. The number of allylic oxidation sites excluding steroid dienone is 1. The number of nitrogens with zero attached hydrogens (tertiary/aromatic N) is 1. The third-order valence-corrected chi connectivity index (χ3v) is 5.85. The number of benzene rings is 2. The first-order valence-electron chi connectivity index (χ1n) is 10.5. The smallest absolute Gasteiger partial charge is 0.255 e. The Hall–Kier alpha value is -2.65. The van der Waals surface area contributed by atoms with Gasteiger partial charge < -0.3 is 5.32 Å². The van der Waals surface area contributed by atoms with E-state index in [9.17, 15) is 4.79 Å². The van der Waals surface area contributed by atoms with Gasteiger partial charge in [0.1, 0.15) is 0 Å². The van der Waals surface area contributed by atoms with Gasteiger partial charge in [-0.3, -0.25) is 9.69 Å². The largest absolute Gasteiger partial charge is 0.322 e. The van der Waals surface area contributed by atoms with Crippen molar-refractivity contribution in [2.45, 2.75) is 39.0 Å². The predicted molar refractivity (Wildman–Crippen MR) is 123 cm³/mol. The van der Waals surface area contributed by atoms with Gasteiger partial charge in [-0.15, -0.1) is 0 Å². The van der Waals surface area contributed by atoms with Crippen LogP contribution in [0.2, 0.25) is 0 Å². The number of likely N-dealkylation sites (tertiary alicyclic amines) is 1. The summed E-state index contributed by atoms with van der Waals surface area (Å²) in [5, 5.41) is 3.01. The molecule has 2 aromatic rings. The average molecular weight is 389 g/mol. The maximum atomic E-state index is 12.5. The molecule has 0 saturated carbocycles. The molecular weight excluding hydrogens is 356 g/mol. The van der Waals surface area contributed by atoms with E-state index in [1.807, 2.05) is 49.4 Å². The van der Waals surface area contributed by atoms with Gasteiger partial charge in [0, 0.05) is 29.8 Å². The molecule has 152 valence electrons. The summed E-state index contributed by atoms with van der Waals surface area (Å²) in [6, 6.07) is 16.1. The van der Waals surface area contributed by atoms with Gasteiger partial charge in [-0.05, 0) is 67.3 Å². The number of anilines is 1. The third-order valence-electron chi connectivity index (χ3n) is 5.85. The quantitative estimate of drug-likeness (QED) is 0.627. The van der Waals surface area contributed by atoms with Crippen LogP contribution in [0.4, 0.5) is 5.69 Å². The van der Waals surface area contributed by atoms with Crippen molar-refractivity contribution in [2.24, 2.45) is 0 Å². The molecule has 1 heterocycles. The lowest BCUT2D eigenvalue weighted by atomic mass is 9.82. The fourth-order valence-corrected chi connectivity index (χ4v) is 4.05. The van der Waals surface area contributed by atoms with Crippen molar-refractivity contribution in [3.63, 3.8) is 0 Å². The number of aryl methyl sites for hydroxylation is 1. The average Bonchev–Trinajstić information content (AvgIpc) is 3.10. The molecule has 1 saturated heterocycles. The zero-order chi connectivity index (χ0) is 20.9. The summed E-state index contributed by atoms with van der Waals surface area (Å²) in [6.45, 7) is 13.6. The molecule has 3 rings (SSSR count). The van der Waals surface area contributed by atoms with E-state index in [4.69, 9.17) is 0 Å². The van der Waals surface area contributed by atoms with Gasteiger partial charge in [-0.2, -0.15) is 0 Å². The van der Waals surface area contributed by atoms with E-state index in [-0.39, 0.29) is 11.3 Å². The van der Waals surface area contributed by atoms with Gasteiger partial charge in [0.05, 0.1) is 0 Å². The molecule has 3 nitrogen and oxygen atoms in total. The van der Waals surface area contributed by atoms with E-state index in [1.54, 1.807) is 0 Å². The minimum Gasteiger partial charge on any atom is -0.322 e. The lowest BCUT2D eigenvalue weighted by Crippen LogP contribution is -2.29. The highest BCUT2D eigenvalue weighted by atomic mass is 16.1. The molecule has 0 aromatic heterocycles. The summed E-state index contributed by atoms with van der Waals surface area (Å²) < 4.78 is 0. The summed E-state index contributed by atoms with van der Waals surface area (Å²) in [5.74, 6) is -0.0684. The minimum atomic E-state index is -0.0684. The summed E-state index contributed by atoms with van der Waals surface area (Å²) in [6.07, 6.45) is 6.24. The SMILES string of the molecule is C=C(C=CC)CN1CCC(C)(c2ccc(NC(=O)c3ccc(CC)cc3)cc2)C1. The summed E-state index contributed by atoms with van der Waals surface area (Å²) >= 11 is 0. The first-order chi connectivity index (χ1) is 13.9. The number of carbonyl (C=O) groups excluding carboxylic acids is 1. The van der Waals surface area contributed by atoms with E-state index in [0.717, 1.165) is 43.7 Å². The number of rotatable bonds is 7. The van der Waals surface area contributed by atoms with Crippen molar-refractivity contribution in [3.05, 3.63) is 89.5 Å².